The van der Waals surface area contributed by atoms with Gasteiger partial charge in [-0.15, -0.1) is 0 Å². The maximum Gasteiger partial charge on any atom is 0.271 e. The highest BCUT2D eigenvalue weighted by molar-refractivity contribution is 9.10. The molecule has 1 aromatic carbocycles. The molecule has 194 valence electrons. The fraction of sp³-hybridized carbons (Fsp3) is 0.296. The van der Waals surface area contributed by atoms with E-state index < -0.39 is 17.1 Å². The lowest BCUT2D eigenvalue weighted by Crippen LogP contribution is -2.51. The Hall–Kier alpha value is -3.50. The van der Waals surface area contributed by atoms with Crippen LogP contribution in [0.25, 0.3) is 0 Å². The minimum Gasteiger partial charge on any atom is -0.334 e. The lowest BCUT2D eigenvalue weighted by atomic mass is 10.00. The molecule has 4 aliphatic rings. The molecule has 0 spiro atoms. The predicted octanol–water partition coefficient (Wildman–Crippen LogP) is 3.11. The molecule has 1 aliphatic carbocycles. The highest BCUT2D eigenvalue weighted by atomic mass is 79.9. The van der Waals surface area contributed by atoms with Crippen molar-refractivity contribution >= 4 is 51.2 Å². The van der Waals surface area contributed by atoms with E-state index in [1.54, 1.807) is 23.1 Å². The van der Waals surface area contributed by atoms with Crippen molar-refractivity contribution < 1.29 is 19.2 Å². The zero-order chi connectivity index (χ0) is 26.8. The Kier molecular flexibility index (Phi) is 5.92. The van der Waals surface area contributed by atoms with Gasteiger partial charge in [0.15, 0.2) is 0 Å². The first kappa shape index (κ1) is 24.8. The van der Waals surface area contributed by atoms with Crippen molar-refractivity contribution in [2.75, 3.05) is 13.1 Å². The van der Waals surface area contributed by atoms with Gasteiger partial charge in [-0.3, -0.25) is 33.4 Å². The lowest BCUT2D eigenvalue weighted by molar-refractivity contribution is -0.137. The molecule has 4 amide bonds. The predicted molar refractivity (Wildman–Crippen MR) is 141 cm³/mol. The number of hydrogen-bond acceptors (Lipinski definition) is 5. The van der Waals surface area contributed by atoms with E-state index >= 15 is 0 Å². The molecule has 38 heavy (non-hydrogen) atoms. The van der Waals surface area contributed by atoms with Crippen LogP contribution in [-0.2, 0) is 21.8 Å². The van der Waals surface area contributed by atoms with Crippen LogP contribution in [0.1, 0.15) is 52.1 Å². The highest BCUT2D eigenvalue weighted by Crippen LogP contribution is 2.36. The number of aromatic nitrogens is 1. The Morgan fingerprint density at radius 3 is 2.53 bits per heavy atom. The molecule has 1 unspecified atom stereocenters. The molecule has 4 heterocycles. The van der Waals surface area contributed by atoms with Crippen LogP contribution in [0.4, 0.5) is 0 Å². The van der Waals surface area contributed by atoms with E-state index in [1.807, 2.05) is 18.2 Å². The summed E-state index contributed by atoms with van der Waals surface area (Å²) < 4.78 is 1.49. The third kappa shape index (κ3) is 3.69. The van der Waals surface area contributed by atoms with Gasteiger partial charge >= 0.3 is 0 Å². The second kappa shape index (κ2) is 9.06. The average Bonchev–Trinajstić information content (AvgIpc) is 3.48. The van der Waals surface area contributed by atoms with Gasteiger partial charge in [0.2, 0.25) is 0 Å². The third-order valence-electron chi connectivity index (χ3n) is 7.69. The van der Waals surface area contributed by atoms with Gasteiger partial charge < -0.3 is 10.2 Å². The van der Waals surface area contributed by atoms with Crippen molar-refractivity contribution in [3.63, 3.8) is 0 Å². The molecule has 1 N–H and O–H groups in total. The van der Waals surface area contributed by atoms with Crippen molar-refractivity contribution in [1.29, 1.82) is 0 Å². The van der Waals surface area contributed by atoms with Crippen molar-refractivity contribution in [2.24, 2.45) is 0 Å². The van der Waals surface area contributed by atoms with Gasteiger partial charge in [-0.05, 0) is 46.5 Å². The number of amides is 4. The standard InChI is InChI=1S/C27H22BrClN4O5/c28-19-13-20(29)21-22(34)30-27(33(21)26(19)38,9-11-31-14-15-5-1-2-6-16(15)23(31)35)10-12-32-24(36)17-7-3-4-8-18(17)25(32)37/h1-3,5-7,13H,4,8-12,14H2,(H,30,34). The Bertz CT molecular complexity index is 1580. The summed E-state index contributed by atoms with van der Waals surface area (Å²) in [5, 5.41) is 3.02. The summed E-state index contributed by atoms with van der Waals surface area (Å²) in [6, 6.07) is 8.72. The Morgan fingerprint density at radius 1 is 1.00 bits per heavy atom. The Labute approximate surface area is 230 Å². The largest absolute Gasteiger partial charge is 0.334 e. The molecule has 1 aromatic heterocycles. The summed E-state index contributed by atoms with van der Waals surface area (Å²) in [7, 11) is 0. The van der Waals surface area contributed by atoms with Gasteiger partial charge in [-0.2, -0.15) is 0 Å². The van der Waals surface area contributed by atoms with Gasteiger partial charge in [-0.25, -0.2) is 0 Å². The van der Waals surface area contributed by atoms with E-state index in [-0.39, 0.29) is 58.8 Å². The molecular formula is C27H22BrClN4O5. The number of pyridine rings is 1. The van der Waals surface area contributed by atoms with Crippen LogP contribution in [-0.4, -0.2) is 51.1 Å². The summed E-state index contributed by atoms with van der Waals surface area (Å²) in [4.78, 5) is 68.4. The number of halogens is 2. The van der Waals surface area contributed by atoms with Crippen LogP contribution in [0.15, 0.2) is 62.9 Å². The molecule has 2 aromatic rings. The monoisotopic (exact) mass is 596 g/mol. The minimum atomic E-state index is -1.31. The number of nitrogens with one attached hydrogen (secondary N) is 1. The number of benzene rings is 1. The van der Waals surface area contributed by atoms with Crippen molar-refractivity contribution in [3.05, 3.63) is 90.3 Å². The second-order valence-electron chi connectivity index (χ2n) is 9.79. The zero-order valence-corrected chi connectivity index (χ0v) is 22.5. The van der Waals surface area contributed by atoms with Crippen molar-refractivity contribution in [1.82, 2.24) is 19.7 Å². The molecule has 6 rings (SSSR count). The summed E-state index contributed by atoms with van der Waals surface area (Å²) in [5.41, 5.74) is 0.640. The summed E-state index contributed by atoms with van der Waals surface area (Å²) in [6.07, 6.45) is 4.97. The van der Waals surface area contributed by atoms with Crippen LogP contribution in [0.3, 0.4) is 0 Å². The minimum absolute atomic E-state index is 0.00956. The summed E-state index contributed by atoms with van der Waals surface area (Å²) >= 11 is 9.63. The normalized spacial score (nSPS) is 21.8. The van der Waals surface area contributed by atoms with Gasteiger partial charge in [0, 0.05) is 49.2 Å². The fourth-order valence-electron chi connectivity index (χ4n) is 5.78. The van der Waals surface area contributed by atoms with Crippen LogP contribution < -0.4 is 10.9 Å². The smallest absolute Gasteiger partial charge is 0.271 e. The quantitative estimate of drug-likeness (QED) is 0.515. The second-order valence-corrected chi connectivity index (χ2v) is 11.1. The SMILES string of the molecule is O=C1NC(CCN2Cc3ccccc3C2=O)(CCN2C(=O)C3=C(CCC=C3)C2=O)n2c1c(Cl)cc(Br)c2=O. The number of imide groups is 1. The Balaban J connectivity index is 1.33. The molecule has 9 nitrogen and oxygen atoms in total. The van der Waals surface area contributed by atoms with Crippen molar-refractivity contribution in [2.45, 2.75) is 37.9 Å². The number of rotatable bonds is 6. The van der Waals surface area contributed by atoms with Gasteiger partial charge in [0.1, 0.15) is 11.4 Å². The number of hydrogen-bond donors (Lipinski definition) is 1. The first-order valence-corrected chi connectivity index (χ1v) is 13.5. The van der Waals surface area contributed by atoms with Crippen LogP contribution in [0, 0.1) is 0 Å². The first-order valence-electron chi connectivity index (χ1n) is 12.3. The number of allylic oxidation sites excluding steroid dienone is 1. The maximum atomic E-state index is 13.4. The first-order chi connectivity index (χ1) is 18.2. The molecule has 0 bridgehead atoms. The topological polar surface area (TPSA) is 109 Å². The van der Waals surface area contributed by atoms with Crippen LogP contribution in [0.2, 0.25) is 5.02 Å². The van der Waals surface area contributed by atoms with Crippen LogP contribution in [0.5, 0.6) is 0 Å². The highest BCUT2D eigenvalue weighted by Gasteiger charge is 2.47. The molecule has 1 atom stereocenters. The molecule has 0 saturated carbocycles. The molecule has 0 saturated heterocycles. The fourth-order valence-corrected chi connectivity index (χ4v) is 6.59. The van der Waals surface area contributed by atoms with Crippen molar-refractivity contribution in [3.8, 4) is 0 Å². The molecule has 3 aliphatic heterocycles. The Morgan fingerprint density at radius 2 is 1.76 bits per heavy atom. The van der Waals surface area contributed by atoms with Gasteiger partial charge in [-0.1, -0.05) is 42.0 Å². The zero-order valence-electron chi connectivity index (χ0n) is 20.1. The van der Waals surface area contributed by atoms with E-state index in [9.17, 15) is 24.0 Å². The average molecular weight is 598 g/mol. The number of nitrogens with zero attached hydrogens (tertiary/aromatic N) is 3. The molecule has 11 heteroatoms. The van der Waals surface area contributed by atoms with E-state index in [0.717, 1.165) is 5.56 Å². The summed E-state index contributed by atoms with van der Waals surface area (Å²) in [5.74, 6) is -1.40. The molecule has 0 radical (unpaired) electrons. The molecular weight excluding hydrogens is 576 g/mol. The van der Waals surface area contributed by atoms with Gasteiger partial charge in [0.25, 0.3) is 29.2 Å². The van der Waals surface area contributed by atoms with E-state index in [1.165, 1.54) is 15.5 Å². The maximum absolute atomic E-state index is 13.4. The van der Waals surface area contributed by atoms with Gasteiger partial charge in [0.05, 0.1) is 9.50 Å². The lowest BCUT2D eigenvalue weighted by Gasteiger charge is -2.34. The third-order valence-corrected chi connectivity index (χ3v) is 8.55. The number of carbonyl (C=O) groups excluding carboxylic acids is 4. The van der Waals surface area contributed by atoms with E-state index in [4.69, 9.17) is 11.6 Å². The number of fused-ring (bicyclic) bond motifs is 2. The molecule has 0 fully saturated rings. The van der Waals surface area contributed by atoms with E-state index in [0.29, 0.717) is 36.1 Å². The summed E-state index contributed by atoms with van der Waals surface area (Å²) in [6.45, 7) is 0.609. The van der Waals surface area contributed by atoms with E-state index in [2.05, 4.69) is 21.2 Å². The number of carbonyl (C=O) groups is 4. The van der Waals surface area contributed by atoms with Crippen LogP contribution >= 0.6 is 27.5 Å².